The van der Waals surface area contributed by atoms with Gasteiger partial charge in [0.05, 0.1) is 23.8 Å². The molecule has 10 heteroatoms. The molecule has 0 radical (unpaired) electrons. The van der Waals surface area contributed by atoms with E-state index in [-0.39, 0.29) is 17.9 Å². The van der Waals surface area contributed by atoms with Crippen molar-refractivity contribution in [1.82, 2.24) is 29.5 Å². The Morgan fingerprint density at radius 1 is 1.09 bits per heavy atom. The van der Waals surface area contributed by atoms with E-state index >= 15 is 0 Å². The van der Waals surface area contributed by atoms with Crippen molar-refractivity contribution in [3.8, 4) is 11.4 Å². The Hall–Kier alpha value is -3.56. The van der Waals surface area contributed by atoms with Gasteiger partial charge in [0, 0.05) is 49.7 Å². The summed E-state index contributed by atoms with van der Waals surface area (Å²) < 4.78 is 6.93. The van der Waals surface area contributed by atoms with E-state index in [2.05, 4.69) is 20.0 Å². The van der Waals surface area contributed by atoms with E-state index in [0.29, 0.717) is 66.9 Å². The lowest BCUT2D eigenvalue weighted by molar-refractivity contribution is -0.133. The number of fused-ring (bicyclic) bond motifs is 1. The first-order valence-electron chi connectivity index (χ1n) is 11.5. The van der Waals surface area contributed by atoms with Gasteiger partial charge in [-0.2, -0.15) is 4.98 Å². The lowest BCUT2D eigenvalue weighted by Gasteiger charge is -2.34. The number of aryl methyl sites for hydroxylation is 2. The Morgan fingerprint density at radius 2 is 1.86 bits per heavy atom. The number of halogens is 1. The van der Waals surface area contributed by atoms with Crippen LogP contribution < -0.4 is 5.56 Å². The molecule has 1 saturated heterocycles. The van der Waals surface area contributed by atoms with Gasteiger partial charge in [-0.3, -0.25) is 19.1 Å². The summed E-state index contributed by atoms with van der Waals surface area (Å²) in [4.78, 5) is 38.4. The number of carbonyl (C=O) groups excluding carboxylic acids is 1. The van der Waals surface area contributed by atoms with E-state index in [4.69, 9.17) is 16.1 Å². The predicted octanol–water partition coefficient (Wildman–Crippen LogP) is 3.14. The maximum absolute atomic E-state index is 12.8. The molecule has 5 rings (SSSR count). The Balaban J connectivity index is 1.13. The third kappa shape index (κ3) is 5.11. The first-order chi connectivity index (χ1) is 17.0. The fraction of sp³-hybridized carbons (Fsp3) is 0.320. The average molecular weight is 493 g/mol. The van der Waals surface area contributed by atoms with E-state index < -0.39 is 0 Å². The molecule has 0 atom stereocenters. The van der Waals surface area contributed by atoms with Crippen molar-refractivity contribution in [2.24, 2.45) is 0 Å². The van der Waals surface area contributed by atoms with Crippen LogP contribution in [0.4, 0.5) is 0 Å². The number of benzene rings is 2. The molecule has 0 aliphatic carbocycles. The van der Waals surface area contributed by atoms with Gasteiger partial charge in [0.2, 0.25) is 17.6 Å². The zero-order chi connectivity index (χ0) is 24.4. The minimum atomic E-state index is -0.117. The average Bonchev–Trinajstić information content (AvgIpc) is 3.33. The summed E-state index contributed by atoms with van der Waals surface area (Å²) in [6.07, 6.45) is 1.79. The highest BCUT2D eigenvalue weighted by molar-refractivity contribution is 6.30. The van der Waals surface area contributed by atoms with Crippen LogP contribution >= 0.6 is 11.6 Å². The molecule has 0 N–H and O–H groups in total. The van der Waals surface area contributed by atoms with Crippen LogP contribution in [-0.2, 0) is 17.9 Å². The van der Waals surface area contributed by atoms with Crippen molar-refractivity contribution in [1.29, 1.82) is 0 Å². The molecule has 2 aromatic carbocycles. The number of piperazine rings is 1. The van der Waals surface area contributed by atoms with Crippen LogP contribution in [0.25, 0.3) is 22.3 Å². The van der Waals surface area contributed by atoms with Crippen molar-refractivity contribution in [2.45, 2.75) is 26.4 Å². The fourth-order valence-corrected chi connectivity index (χ4v) is 4.38. The number of amides is 1. The molecule has 1 aliphatic rings. The maximum atomic E-state index is 12.8. The molecule has 0 spiro atoms. The van der Waals surface area contributed by atoms with Crippen LogP contribution in [0.15, 0.2) is 58.1 Å². The summed E-state index contributed by atoms with van der Waals surface area (Å²) in [7, 11) is 0. The van der Waals surface area contributed by atoms with Gasteiger partial charge in [0.1, 0.15) is 0 Å². The highest BCUT2D eigenvalue weighted by Gasteiger charge is 2.23. The minimum absolute atomic E-state index is 0.0312. The van der Waals surface area contributed by atoms with Crippen molar-refractivity contribution >= 4 is 28.4 Å². The normalized spacial score (nSPS) is 14.5. The van der Waals surface area contributed by atoms with Crippen LogP contribution in [0.3, 0.4) is 0 Å². The van der Waals surface area contributed by atoms with Gasteiger partial charge in [0.15, 0.2) is 0 Å². The summed E-state index contributed by atoms with van der Waals surface area (Å²) >= 11 is 5.93. The molecule has 4 aromatic rings. The number of carbonyl (C=O) groups is 1. The summed E-state index contributed by atoms with van der Waals surface area (Å²) in [5, 5.41) is 5.29. The van der Waals surface area contributed by atoms with Crippen molar-refractivity contribution < 1.29 is 9.32 Å². The van der Waals surface area contributed by atoms with Gasteiger partial charge in [0.25, 0.3) is 5.56 Å². The van der Waals surface area contributed by atoms with Crippen LogP contribution in [0.5, 0.6) is 0 Å². The molecule has 0 saturated carbocycles. The van der Waals surface area contributed by atoms with Crippen molar-refractivity contribution in [2.75, 3.05) is 26.2 Å². The van der Waals surface area contributed by atoms with Crippen LogP contribution in [0, 0.1) is 6.92 Å². The monoisotopic (exact) mass is 492 g/mol. The van der Waals surface area contributed by atoms with Gasteiger partial charge >= 0.3 is 0 Å². The van der Waals surface area contributed by atoms with Gasteiger partial charge < -0.3 is 9.42 Å². The molecule has 0 bridgehead atoms. The van der Waals surface area contributed by atoms with Gasteiger partial charge in [-0.15, -0.1) is 0 Å². The van der Waals surface area contributed by atoms with Crippen LogP contribution in [0.1, 0.15) is 17.9 Å². The number of nitrogens with zero attached hydrogens (tertiary/aromatic N) is 6. The van der Waals surface area contributed by atoms with Gasteiger partial charge in [-0.1, -0.05) is 28.9 Å². The molecule has 1 amide bonds. The van der Waals surface area contributed by atoms with E-state index in [1.165, 1.54) is 10.9 Å². The standard InChI is InChI=1S/C25H25ClN6O3/c1-17-3-2-4-20-23(17)27-16-32(25(20)34)10-9-22(33)31-13-11-30(12-14-31)15-21-28-24(29-35-21)18-5-7-19(26)8-6-18/h2-8,16H,9-15H2,1H3. The molecule has 0 unspecified atom stereocenters. The highest BCUT2D eigenvalue weighted by Crippen LogP contribution is 2.19. The molecule has 9 nitrogen and oxygen atoms in total. The Morgan fingerprint density at radius 3 is 2.63 bits per heavy atom. The fourth-order valence-electron chi connectivity index (χ4n) is 4.25. The third-order valence-electron chi connectivity index (χ3n) is 6.28. The smallest absolute Gasteiger partial charge is 0.261 e. The zero-order valence-electron chi connectivity index (χ0n) is 19.4. The summed E-state index contributed by atoms with van der Waals surface area (Å²) in [5.41, 5.74) is 2.39. The number of rotatable bonds is 6. The SMILES string of the molecule is Cc1cccc2c(=O)n(CCC(=O)N3CCN(Cc4nc(-c5ccc(Cl)cc5)no4)CC3)cnc12. The number of aromatic nitrogens is 4. The topological polar surface area (TPSA) is 97.4 Å². The van der Waals surface area contributed by atoms with E-state index in [1.807, 2.05) is 36.1 Å². The Kier molecular flexibility index (Phi) is 6.61. The van der Waals surface area contributed by atoms with Crippen molar-refractivity contribution in [3.05, 3.63) is 75.6 Å². The predicted molar refractivity (Wildman–Crippen MR) is 132 cm³/mol. The maximum Gasteiger partial charge on any atom is 0.261 e. The lowest BCUT2D eigenvalue weighted by Crippen LogP contribution is -2.48. The lowest BCUT2D eigenvalue weighted by atomic mass is 10.1. The molecule has 2 aromatic heterocycles. The van der Waals surface area contributed by atoms with Crippen molar-refractivity contribution in [3.63, 3.8) is 0 Å². The molecular formula is C25H25ClN6O3. The van der Waals surface area contributed by atoms with Gasteiger partial charge in [-0.25, -0.2) is 4.98 Å². The first-order valence-corrected chi connectivity index (χ1v) is 11.9. The number of hydrogen-bond acceptors (Lipinski definition) is 7. The number of hydrogen-bond donors (Lipinski definition) is 0. The molecule has 1 aliphatic heterocycles. The summed E-state index contributed by atoms with van der Waals surface area (Å²) in [6.45, 7) is 5.41. The third-order valence-corrected chi connectivity index (χ3v) is 6.53. The Labute approximate surface area is 206 Å². The molecule has 3 heterocycles. The molecule has 180 valence electrons. The van der Waals surface area contributed by atoms with Crippen LogP contribution in [-0.4, -0.2) is 61.6 Å². The second kappa shape index (κ2) is 9.97. The van der Waals surface area contributed by atoms with E-state index in [1.54, 1.807) is 18.2 Å². The summed E-state index contributed by atoms with van der Waals surface area (Å²) in [5.74, 6) is 1.09. The second-order valence-electron chi connectivity index (χ2n) is 8.64. The molecule has 1 fully saturated rings. The first kappa shape index (κ1) is 23.2. The zero-order valence-corrected chi connectivity index (χ0v) is 20.1. The number of para-hydroxylation sites is 1. The largest absolute Gasteiger partial charge is 0.340 e. The molecular weight excluding hydrogens is 468 g/mol. The van der Waals surface area contributed by atoms with E-state index in [9.17, 15) is 9.59 Å². The minimum Gasteiger partial charge on any atom is -0.340 e. The highest BCUT2D eigenvalue weighted by atomic mass is 35.5. The van der Waals surface area contributed by atoms with Crippen LogP contribution in [0.2, 0.25) is 5.02 Å². The quantitative estimate of drug-likeness (QED) is 0.408. The second-order valence-corrected chi connectivity index (χ2v) is 9.08. The Bertz CT molecular complexity index is 1410. The molecule has 35 heavy (non-hydrogen) atoms. The van der Waals surface area contributed by atoms with Gasteiger partial charge in [-0.05, 0) is 42.8 Å². The van der Waals surface area contributed by atoms with E-state index in [0.717, 1.165) is 11.1 Å². The summed E-state index contributed by atoms with van der Waals surface area (Å²) in [6, 6.07) is 12.8.